The number of carbonyl (C=O) groups is 1. The van der Waals surface area contributed by atoms with E-state index in [4.69, 9.17) is 10.2 Å². The highest BCUT2D eigenvalue weighted by atomic mass is 32.2. The lowest BCUT2D eigenvalue weighted by Crippen LogP contribution is -2.14. The normalized spacial score (nSPS) is 10.9. The largest absolute Gasteiger partial charge is 0.408 e. The minimum Gasteiger partial charge on any atom is -0.408 e. The van der Waals surface area contributed by atoms with Crippen molar-refractivity contribution in [2.45, 2.75) is 24.7 Å². The Morgan fingerprint density at radius 2 is 2.24 bits per heavy atom. The van der Waals surface area contributed by atoms with Gasteiger partial charge >= 0.3 is 6.01 Å². The van der Waals surface area contributed by atoms with Gasteiger partial charge in [0.2, 0.25) is 11.8 Å². The van der Waals surface area contributed by atoms with Crippen molar-refractivity contribution >= 4 is 29.4 Å². The number of nitrogens with two attached hydrogens (primary N) is 1. The molecule has 0 aliphatic carbocycles. The van der Waals surface area contributed by atoms with Crippen LogP contribution in [0.4, 0.5) is 16.1 Å². The predicted octanol–water partition coefficient (Wildman–Crippen LogP) is 2.65. The second kappa shape index (κ2) is 6.57. The minimum atomic E-state index is -0.398. The molecule has 8 heteroatoms. The van der Waals surface area contributed by atoms with Gasteiger partial charge in [0.25, 0.3) is 0 Å². The van der Waals surface area contributed by atoms with Gasteiger partial charge in [-0.2, -0.15) is 0 Å². The zero-order valence-corrected chi connectivity index (χ0v) is 12.4. The Morgan fingerprint density at radius 1 is 1.48 bits per heavy atom. The van der Waals surface area contributed by atoms with Crippen LogP contribution >= 0.6 is 11.8 Å². The Labute approximate surface area is 125 Å². The van der Waals surface area contributed by atoms with E-state index in [2.05, 4.69) is 15.5 Å². The third-order valence-corrected chi connectivity index (χ3v) is 3.59. The first kappa shape index (κ1) is 15.3. The molecular weight excluding hydrogens is 295 g/mol. The number of carbonyl (C=O) groups excluding carboxylic acids is 1. The molecule has 0 bridgehead atoms. The second-order valence-electron chi connectivity index (χ2n) is 4.62. The topological polar surface area (TPSA) is 94.0 Å². The second-order valence-corrected chi connectivity index (χ2v) is 5.64. The molecule has 112 valence electrons. The first-order chi connectivity index (χ1) is 9.95. The molecule has 1 aromatic carbocycles. The average molecular weight is 310 g/mol. The number of hydrogen-bond donors (Lipinski definition) is 2. The lowest BCUT2D eigenvalue weighted by atomic mass is 10.2. The van der Waals surface area contributed by atoms with Crippen LogP contribution in [0.3, 0.4) is 0 Å². The molecule has 21 heavy (non-hydrogen) atoms. The number of nitrogens with one attached hydrogen (secondary N) is 1. The van der Waals surface area contributed by atoms with Gasteiger partial charge in [0.05, 0.1) is 5.75 Å². The van der Waals surface area contributed by atoms with Crippen LogP contribution in [0.2, 0.25) is 0 Å². The van der Waals surface area contributed by atoms with Crippen LogP contribution < -0.4 is 11.1 Å². The van der Waals surface area contributed by atoms with Crippen LogP contribution in [0, 0.1) is 5.82 Å². The smallest absolute Gasteiger partial charge is 0.322 e. The van der Waals surface area contributed by atoms with E-state index < -0.39 is 5.82 Å². The first-order valence-electron chi connectivity index (χ1n) is 6.27. The van der Waals surface area contributed by atoms with Crippen molar-refractivity contribution in [1.82, 2.24) is 10.2 Å². The molecule has 0 saturated heterocycles. The number of benzene rings is 1. The fourth-order valence-electron chi connectivity index (χ4n) is 1.45. The van der Waals surface area contributed by atoms with E-state index in [1.54, 1.807) is 0 Å². The Kier molecular flexibility index (Phi) is 4.79. The number of rotatable bonds is 5. The summed E-state index contributed by atoms with van der Waals surface area (Å²) in [5.74, 6) is -0.127. The number of amides is 1. The Balaban J connectivity index is 1.91. The molecule has 0 aliphatic heterocycles. The molecular formula is C13H15FN4O2S. The summed E-state index contributed by atoms with van der Waals surface area (Å²) < 4.78 is 18.4. The number of nitrogen functional groups attached to an aromatic ring is 1. The van der Waals surface area contributed by atoms with Crippen LogP contribution in [-0.4, -0.2) is 21.9 Å². The third-order valence-electron chi connectivity index (χ3n) is 2.52. The highest BCUT2D eigenvalue weighted by Crippen LogP contribution is 2.25. The number of aromatic nitrogens is 2. The molecule has 0 fully saturated rings. The van der Waals surface area contributed by atoms with Gasteiger partial charge in [0.15, 0.2) is 0 Å². The lowest BCUT2D eigenvalue weighted by Gasteiger charge is -2.05. The van der Waals surface area contributed by atoms with Gasteiger partial charge in [0.1, 0.15) is 5.82 Å². The molecule has 3 N–H and O–H groups in total. The van der Waals surface area contributed by atoms with Crippen LogP contribution in [0.5, 0.6) is 0 Å². The quantitative estimate of drug-likeness (QED) is 0.651. The van der Waals surface area contributed by atoms with E-state index in [0.717, 1.165) is 11.8 Å². The molecule has 1 aromatic heterocycles. The van der Waals surface area contributed by atoms with E-state index in [9.17, 15) is 9.18 Å². The molecule has 1 amide bonds. The first-order valence-corrected chi connectivity index (χ1v) is 7.25. The van der Waals surface area contributed by atoms with Gasteiger partial charge in [-0.1, -0.05) is 18.9 Å². The average Bonchev–Trinajstić information content (AvgIpc) is 2.88. The summed E-state index contributed by atoms with van der Waals surface area (Å²) in [6.45, 7) is 3.81. The summed E-state index contributed by atoms with van der Waals surface area (Å²) in [4.78, 5) is 12.3. The van der Waals surface area contributed by atoms with Gasteiger partial charge in [-0.3, -0.25) is 10.1 Å². The third kappa shape index (κ3) is 4.19. The number of nitrogens with zero attached hydrogens (tertiary/aromatic N) is 2. The van der Waals surface area contributed by atoms with Crippen LogP contribution in [0.15, 0.2) is 27.5 Å². The van der Waals surface area contributed by atoms with Gasteiger partial charge < -0.3 is 10.2 Å². The fraction of sp³-hybridized carbons (Fsp3) is 0.308. The van der Waals surface area contributed by atoms with Crippen LogP contribution in [0.25, 0.3) is 0 Å². The number of halogens is 1. The highest BCUT2D eigenvalue weighted by Gasteiger charge is 2.13. The van der Waals surface area contributed by atoms with Gasteiger partial charge in [0, 0.05) is 16.5 Å². The standard InChI is InChI=1S/C13H15FN4O2S/c1-7(2)12-17-18-13(20-12)16-11(19)6-21-10-5-8(14)3-4-9(10)15/h3-5,7H,6,15H2,1-2H3,(H,16,18,19). The molecule has 0 unspecified atom stereocenters. The number of anilines is 2. The lowest BCUT2D eigenvalue weighted by molar-refractivity contribution is -0.113. The van der Waals surface area contributed by atoms with E-state index >= 15 is 0 Å². The van der Waals surface area contributed by atoms with E-state index in [-0.39, 0.29) is 23.6 Å². The van der Waals surface area contributed by atoms with Crippen LogP contribution in [0.1, 0.15) is 25.7 Å². The molecule has 0 aliphatic rings. The van der Waals surface area contributed by atoms with E-state index in [1.807, 2.05) is 13.8 Å². The summed E-state index contributed by atoms with van der Waals surface area (Å²) in [6, 6.07) is 4.07. The Hall–Kier alpha value is -2.09. The molecule has 1 heterocycles. The van der Waals surface area contributed by atoms with Crippen molar-refractivity contribution in [2.75, 3.05) is 16.8 Å². The van der Waals surface area contributed by atoms with Crippen LogP contribution in [-0.2, 0) is 4.79 Å². The fourth-order valence-corrected chi connectivity index (χ4v) is 2.24. The monoisotopic (exact) mass is 310 g/mol. The van der Waals surface area contributed by atoms with Gasteiger partial charge in [-0.15, -0.1) is 16.9 Å². The van der Waals surface area contributed by atoms with E-state index in [0.29, 0.717) is 16.5 Å². The summed E-state index contributed by atoms with van der Waals surface area (Å²) in [5.41, 5.74) is 6.13. The maximum Gasteiger partial charge on any atom is 0.322 e. The zero-order chi connectivity index (χ0) is 15.4. The van der Waals surface area contributed by atoms with Gasteiger partial charge in [-0.25, -0.2) is 4.39 Å². The highest BCUT2D eigenvalue weighted by molar-refractivity contribution is 8.00. The maximum absolute atomic E-state index is 13.1. The predicted molar refractivity (Wildman–Crippen MR) is 78.6 cm³/mol. The summed E-state index contributed by atoms with van der Waals surface area (Å²) >= 11 is 1.13. The Bertz CT molecular complexity index is 645. The van der Waals surface area contributed by atoms with Crippen molar-refractivity contribution in [3.8, 4) is 0 Å². The maximum atomic E-state index is 13.1. The molecule has 0 spiro atoms. The molecule has 2 aromatic rings. The number of thioether (sulfide) groups is 1. The van der Waals surface area contributed by atoms with Crippen molar-refractivity contribution in [3.05, 3.63) is 29.9 Å². The van der Waals surface area contributed by atoms with Crippen molar-refractivity contribution in [2.24, 2.45) is 0 Å². The summed E-state index contributed by atoms with van der Waals surface area (Å²) in [7, 11) is 0. The molecule has 0 saturated carbocycles. The van der Waals surface area contributed by atoms with Crippen molar-refractivity contribution in [1.29, 1.82) is 0 Å². The van der Waals surface area contributed by atoms with E-state index in [1.165, 1.54) is 18.2 Å². The molecule has 0 radical (unpaired) electrons. The SMILES string of the molecule is CC(C)c1nnc(NC(=O)CSc2cc(F)ccc2N)o1. The molecule has 6 nitrogen and oxygen atoms in total. The van der Waals surface area contributed by atoms with Gasteiger partial charge in [-0.05, 0) is 18.2 Å². The minimum absolute atomic E-state index is 0.0523. The summed E-state index contributed by atoms with van der Waals surface area (Å²) in [5, 5.41) is 10.0. The zero-order valence-electron chi connectivity index (χ0n) is 11.6. The molecule has 0 atom stereocenters. The number of hydrogen-bond acceptors (Lipinski definition) is 6. The Morgan fingerprint density at radius 3 is 2.90 bits per heavy atom. The summed E-state index contributed by atoms with van der Waals surface area (Å²) in [6.07, 6.45) is 0. The van der Waals surface area contributed by atoms with Crippen molar-refractivity contribution < 1.29 is 13.6 Å². The van der Waals surface area contributed by atoms with Crippen molar-refractivity contribution in [3.63, 3.8) is 0 Å². The molecule has 2 rings (SSSR count).